The Labute approximate surface area is 199 Å². The van der Waals surface area contributed by atoms with E-state index in [9.17, 15) is 4.79 Å². The first kappa shape index (κ1) is 22.0. The summed E-state index contributed by atoms with van der Waals surface area (Å²) in [5, 5.41) is 0. The fourth-order valence-corrected chi connectivity index (χ4v) is 4.85. The number of hydrogen-bond acceptors (Lipinski definition) is 4. The number of fused-ring (bicyclic) bond motifs is 1. The van der Waals surface area contributed by atoms with Crippen molar-refractivity contribution in [2.45, 2.75) is 32.7 Å². The van der Waals surface area contributed by atoms with Crippen LogP contribution in [0.2, 0.25) is 0 Å². The van der Waals surface area contributed by atoms with Crippen LogP contribution < -0.4 is 14.4 Å². The molecule has 0 bridgehead atoms. The van der Waals surface area contributed by atoms with Crippen LogP contribution in [0.1, 0.15) is 29.3 Å². The monoisotopic (exact) mass is 455 g/mol. The van der Waals surface area contributed by atoms with Crippen LogP contribution in [-0.4, -0.2) is 35.7 Å². The van der Waals surface area contributed by atoms with Gasteiger partial charge in [0.05, 0.1) is 24.7 Å². The van der Waals surface area contributed by atoms with Crippen LogP contribution >= 0.6 is 0 Å². The predicted molar refractivity (Wildman–Crippen MR) is 134 cm³/mol. The van der Waals surface area contributed by atoms with E-state index in [0.29, 0.717) is 37.6 Å². The third-order valence-corrected chi connectivity index (χ3v) is 6.46. The lowest BCUT2D eigenvalue weighted by Crippen LogP contribution is -2.25. The van der Waals surface area contributed by atoms with Gasteiger partial charge < -0.3 is 18.9 Å². The van der Waals surface area contributed by atoms with Crippen molar-refractivity contribution in [3.8, 4) is 11.5 Å². The third kappa shape index (κ3) is 4.12. The van der Waals surface area contributed by atoms with Crippen molar-refractivity contribution in [1.82, 2.24) is 9.55 Å². The molecule has 0 aliphatic carbocycles. The zero-order valence-electron chi connectivity index (χ0n) is 19.8. The summed E-state index contributed by atoms with van der Waals surface area (Å²) in [7, 11) is 1.64. The minimum absolute atomic E-state index is 0.0202. The van der Waals surface area contributed by atoms with Crippen LogP contribution in [0.25, 0.3) is 11.0 Å². The van der Waals surface area contributed by atoms with Gasteiger partial charge in [-0.25, -0.2) is 4.98 Å². The van der Waals surface area contributed by atoms with Gasteiger partial charge in [-0.15, -0.1) is 0 Å². The molecule has 1 saturated heterocycles. The van der Waals surface area contributed by atoms with E-state index in [2.05, 4.69) is 42.7 Å². The van der Waals surface area contributed by atoms with Crippen LogP contribution in [0.4, 0.5) is 5.69 Å². The Bertz CT molecular complexity index is 1340. The lowest BCUT2D eigenvalue weighted by Gasteiger charge is -2.20. The first-order valence-electron chi connectivity index (χ1n) is 11.6. The molecule has 1 aliphatic rings. The average molecular weight is 456 g/mol. The molecule has 5 rings (SSSR count). The molecule has 0 unspecified atom stereocenters. The summed E-state index contributed by atoms with van der Waals surface area (Å²) in [5.74, 6) is 2.52. The van der Waals surface area contributed by atoms with Crippen molar-refractivity contribution in [1.29, 1.82) is 0 Å². The van der Waals surface area contributed by atoms with Gasteiger partial charge in [0, 0.05) is 24.6 Å². The highest BCUT2D eigenvalue weighted by atomic mass is 16.5. The molecular formula is C28H29N3O3. The summed E-state index contributed by atoms with van der Waals surface area (Å²) < 4.78 is 13.7. The van der Waals surface area contributed by atoms with Crippen LogP contribution in [0.5, 0.6) is 11.5 Å². The second kappa shape index (κ2) is 9.21. The molecule has 0 spiro atoms. The number of aromatic nitrogens is 2. The summed E-state index contributed by atoms with van der Waals surface area (Å²) in [4.78, 5) is 19.9. The number of amides is 1. The molecule has 6 heteroatoms. The zero-order chi connectivity index (χ0) is 23.7. The molecule has 1 atom stereocenters. The van der Waals surface area contributed by atoms with E-state index in [1.54, 1.807) is 7.11 Å². The average Bonchev–Trinajstić information content (AvgIpc) is 3.40. The van der Waals surface area contributed by atoms with Gasteiger partial charge in [-0.2, -0.15) is 0 Å². The summed E-state index contributed by atoms with van der Waals surface area (Å²) in [5.41, 5.74) is 5.29. The Kier molecular flexibility index (Phi) is 5.97. The Hall–Kier alpha value is -3.80. The Morgan fingerprint density at radius 3 is 2.56 bits per heavy atom. The first-order valence-corrected chi connectivity index (χ1v) is 11.6. The minimum atomic E-state index is 0.0202. The smallest absolute Gasteiger partial charge is 0.227 e. The fourth-order valence-electron chi connectivity index (χ4n) is 4.85. The second-order valence-corrected chi connectivity index (χ2v) is 8.81. The SMILES string of the molecule is COc1ccccc1OCCn1c([C@H]2CC(=O)N(c3ccc(C)cc3C)C2)nc2ccccc21. The number of carbonyl (C=O) groups is 1. The molecule has 2 heterocycles. The molecule has 4 aromatic rings. The molecule has 6 nitrogen and oxygen atoms in total. The van der Waals surface area contributed by atoms with E-state index in [4.69, 9.17) is 14.5 Å². The highest BCUT2D eigenvalue weighted by molar-refractivity contribution is 5.97. The van der Waals surface area contributed by atoms with Gasteiger partial charge in [0.15, 0.2) is 11.5 Å². The van der Waals surface area contributed by atoms with Gasteiger partial charge in [-0.1, -0.05) is 42.0 Å². The number of anilines is 1. The lowest BCUT2D eigenvalue weighted by atomic mass is 10.1. The molecule has 3 aromatic carbocycles. The molecule has 1 fully saturated rings. The fraction of sp³-hybridized carbons (Fsp3) is 0.286. The molecule has 1 amide bonds. The highest BCUT2D eigenvalue weighted by Gasteiger charge is 2.35. The number of nitrogens with zero attached hydrogens (tertiary/aromatic N) is 3. The van der Waals surface area contributed by atoms with Crippen molar-refractivity contribution in [2.24, 2.45) is 0 Å². The summed E-state index contributed by atoms with van der Waals surface area (Å²) in [6, 6.07) is 22.0. The molecule has 1 aliphatic heterocycles. The van der Waals surface area contributed by atoms with Gasteiger partial charge in [0.1, 0.15) is 12.4 Å². The van der Waals surface area contributed by atoms with Crippen LogP contribution in [0, 0.1) is 13.8 Å². The topological polar surface area (TPSA) is 56.6 Å². The number of ether oxygens (including phenoxy) is 2. The maximum Gasteiger partial charge on any atom is 0.227 e. The Balaban J connectivity index is 1.41. The minimum Gasteiger partial charge on any atom is -0.493 e. The number of benzene rings is 3. The zero-order valence-corrected chi connectivity index (χ0v) is 19.8. The quantitative estimate of drug-likeness (QED) is 0.381. The van der Waals surface area contributed by atoms with Crippen LogP contribution in [-0.2, 0) is 11.3 Å². The molecule has 0 N–H and O–H groups in total. The van der Waals surface area contributed by atoms with Gasteiger partial charge in [-0.3, -0.25) is 4.79 Å². The second-order valence-electron chi connectivity index (χ2n) is 8.81. The van der Waals surface area contributed by atoms with E-state index in [0.717, 1.165) is 28.1 Å². The van der Waals surface area contributed by atoms with E-state index >= 15 is 0 Å². The van der Waals surface area contributed by atoms with Crippen LogP contribution in [0.15, 0.2) is 66.7 Å². The van der Waals surface area contributed by atoms with Gasteiger partial charge >= 0.3 is 0 Å². The number of rotatable bonds is 7. The van der Waals surface area contributed by atoms with E-state index in [1.165, 1.54) is 5.56 Å². The van der Waals surface area contributed by atoms with Crippen molar-refractivity contribution < 1.29 is 14.3 Å². The van der Waals surface area contributed by atoms with Crippen molar-refractivity contribution in [2.75, 3.05) is 25.2 Å². The largest absolute Gasteiger partial charge is 0.493 e. The normalized spacial score (nSPS) is 15.8. The molecule has 34 heavy (non-hydrogen) atoms. The first-order chi connectivity index (χ1) is 16.5. The molecule has 0 saturated carbocycles. The number of carbonyl (C=O) groups excluding carboxylic acids is 1. The Morgan fingerprint density at radius 2 is 1.76 bits per heavy atom. The van der Waals surface area contributed by atoms with E-state index < -0.39 is 0 Å². The molecule has 174 valence electrons. The summed E-state index contributed by atoms with van der Waals surface area (Å²) in [6.45, 7) is 5.85. The van der Waals surface area contributed by atoms with E-state index in [-0.39, 0.29) is 11.8 Å². The van der Waals surface area contributed by atoms with Crippen molar-refractivity contribution in [3.63, 3.8) is 0 Å². The van der Waals surface area contributed by atoms with Crippen LogP contribution in [0.3, 0.4) is 0 Å². The third-order valence-electron chi connectivity index (χ3n) is 6.46. The Morgan fingerprint density at radius 1 is 1.00 bits per heavy atom. The van der Waals surface area contributed by atoms with Gasteiger partial charge in [-0.05, 0) is 49.7 Å². The van der Waals surface area contributed by atoms with Crippen molar-refractivity contribution in [3.05, 3.63) is 83.7 Å². The number of hydrogen-bond donors (Lipinski definition) is 0. The number of methoxy groups -OCH3 is 1. The number of imidazole rings is 1. The van der Waals surface area contributed by atoms with E-state index in [1.807, 2.05) is 47.4 Å². The molecular weight excluding hydrogens is 426 g/mol. The predicted octanol–water partition coefficient (Wildman–Crippen LogP) is 5.26. The maximum absolute atomic E-state index is 13.0. The number of aryl methyl sites for hydroxylation is 2. The highest BCUT2D eigenvalue weighted by Crippen LogP contribution is 2.35. The molecule has 0 radical (unpaired) electrons. The molecule has 1 aromatic heterocycles. The lowest BCUT2D eigenvalue weighted by molar-refractivity contribution is -0.117. The van der Waals surface area contributed by atoms with Crippen molar-refractivity contribution >= 4 is 22.6 Å². The van der Waals surface area contributed by atoms with Gasteiger partial charge in [0.25, 0.3) is 0 Å². The maximum atomic E-state index is 13.0. The standard InChI is InChI=1S/C28H29N3O3/c1-19-12-13-23(20(2)16-19)31-18-21(17-27(31)32)28-29-22-8-4-5-9-24(22)30(28)14-15-34-26-11-7-6-10-25(26)33-3/h4-13,16,21H,14-15,17-18H2,1-3H3/t21-/m0/s1. The summed E-state index contributed by atoms with van der Waals surface area (Å²) in [6.07, 6.45) is 0.448. The summed E-state index contributed by atoms with van der Waals surface area (Å²) >= 11 is 0. The van der Waals surface area contributed by atoms with Gasteiger partial charge in [0.2, 0.25) is 5.91 Å². The number of para-hydroxylation sites is 4.